The van der Waals surface area contributed by atoms with Gasteiger partial charge in [-0.3, -0.25) is 4.18 Å². The molecule has 0 saturated heterocycles. The van der Waals surface area contributed by atoms with Gasteiger partial charge in [-0.25, -0.2) is 8.42 Å². The van der Waals surface area contributed by atoms with Crippen LogP contribution >= 0.6 is 0 Å². The van der Waals surface area contributed by atoms with Crippen LogP contribution in [0.2, 0.25) is 0 Å². The maximum Gasteiger partial charge on any atom is 1.00 e. The summed E-state index contributed by atoms with van der Waals surface area (Å²) in [6, 6.07) is 0. The summed E-state index contributed by atoms with van der Waals surface area (Å²) in [5, 5.41) is 0. The average molecular weight is 248 g/mol. The van der Waals surface area contributed by atoms with Crippen molar-refractivity contribution in [3.8, 4) is 0 Å². The molecule has 0 bridgehead atoms. The van der Waals surface area contributed by atoms with Gasteiger partial charge in [0.2, 0.25) is 10.4 Å². The Hall–Kier alpha value is 0.830. The summed E-state index contributed by atoms with van der Waals surface area (Å²) in [5.41, 5.74) is 0. The molecule has 0 atom stereocenters. The van der Waals surface area contributed by atoms with Crippen LogP contribution in [0.25, 0.3) is 0 Å². The molecular weight excluding hydrogens is 231 g/mol. The second-order valence-electron chi connectivity index (χ2n) is 2.90. The minimum atomic E-state index is -4.56. The first-order valence-corrected chi connectivity index (χ1v) is 6.07. The Balaban J connectivity index is 0. The molecule has 0 unspecified atom stereocenters. The molecule has 0 saturated carbocycles. The average Bonchev–Trinajstić information content (AvgIpc) is 2.08. The molecule has 0 N–H and O–H groups in total. The zero-order valence-electron chi connectivity index (χ0n) is 9.40. The monoisotopic (exact) mass is 248 g/mol. The maximum absolute atomic E-state index is 9.97. The SMILES string of the molecule is CCCCCCOCCOS(=O)(=O)[O-].[Na+]. The van der Waals surface area contributed by atoms with E-state index in [1.54, 1.807) is 0 Å². The van der Waals surface area contributed by atoms with Gasteiger partial charge >= 0.3 is 29.6 Å². The fourth-order valence-corrected chi connectivity index (χ4v) is 1.20. The molecule has 0 fully saturated rings. The normalized spacial score (nSPS) is 11.1. The van der Waals surface area contributed by atoms with Crippen LogP contribution in [0, 0.1) is 0 Å². The molecule has 0 spiro atoms. The molecule has 7 heteroatoms. The smallest absolute Gasteiger partial charge is 0.726 e. The van der Waals surface area contributed by atoms with Crippen molar-refractivity contribution in [1.82, 2.24) is 0 Å². The van der Waals surface area contributed by atoms with Gasteiger partial charge in [0.15, 0.2) is 0 Å². The minimum absolute atomic E-state index is 0. The van der Waals surface area contributed by atoms with Gasteiger partial charge in [-0.15, -0.1) is 0 Å². The number of ether oxygens (including phenoxy) is 1. The van der Waals surface area contributed by atoms with Gasteiger partial charge < -0.3 is 9.29 Å². The van der Waals surface area contributed by atoms with Gasteiger partial charge in [-0.05, 0) is 6.42 Å². The van der Waals surface area contributed by atoms with Crippen molar-refractivity contribution in [1.29, 1.82) is 0 Å². The van der Waals surface area contributed by atoms with E-state index in [0.717, 1.165) is 19.3 Å². The van der Waals surface area contributed by atoms with E-state index in [2.05, 4.69) is 11.1 Å². The second-order valence-corrected chi connectivity index (χ2v) is 3.96. The van der Waals surface area contributed by atoms with Crippen LogP contribution in [0.15, 0.2) is 0 Å². The molecule has 15 heavy (non-hydrogen) atoms. The van der Waals surface area contributed by atoms with E-state index in [1.165, 1.54) is 6.42 Å². The van der Waals surface area contributed by atoms with E-state index < -0.39 is 10.4 Å². The zero-order chi connectivity index (χ0) is 10.9. The van der Waals surface area contributed by atoms with E-state index in [0.29, 0.717) is 6.61 Å². The molecule has 5 nitrogen and oxygen atoms in total. The molecule has 0 aliphatic rings. The summed E-state index contributed by atoms with van der Waals surface area (Å²) < 4.78 is 38.9. The van der Waals surface area contributed by atoms with Crippen molar-refractivity contribution >= 4 is 10.4 Å². The minimum Gasteiger partial charge on any atom is -0.726 e. The molecule has 0 rings (SSSR count). The van der Waals surface area contributed by atoms with E-state index in [-0.39, 0.29) is 42.8 Å². The fourth-order valence-electron chi connectivity index (χ4n) is 0.928. The van der Waals surface area contributed by atoms with Crippen LogP contribution in [0.4, 0.5) is 0 Å². The van der Waals surface area contributed by atoms with E-state index in [4.69, 9.17) is 4.74 Å². The molecule has 0 amide bonds. The van der Waals surface area contributed by atoms with Gasteiger partial charge in [0, 0.05) is 6.61 Å². The summed E-state index contributed by atoms with van der Waals surface area (Å²) in [4.78, 5) is 0. The number of rotatable bonds is 9. The molecule has 0 radical (unpaired) electrons. The summed E-state index contributed by atoms with van der Waals surface area (Å²) in [5.74, 6) is 0. The van der Waals surface area contributed by atoms with Crippen molar-refractivity contribution in [2.45, 2.75) is 32.6 Å². The van der Waals surface area contributed by atoms with Crippen molar-refractivity contribution in [3.63, 3.8) is 0 Å². The van der Waals surface area contributed by atoms with Crippen molar-refractivity contribution in [2.75, 3.05) is 19.8 Å². The molecule has 0 aromatic rings. The Morgan fingerprint density at radius 1 is 1.07 bits per heavy atom. The first kappa shape index (κ1) is 18.2. The molecule has 0 aromatic heterocycles. The predicted octanol–water partition coefficient (Wildman–Crippen LogP) is -1.94. The van der Waals surface area contributed by atoms with Crippen LogP contribution in [0.5, 0.6) is 0 Å². The van der Waals surface area contributed by atoms with E-state index >= 15 is 0 Å². The summed E-state index contributed by atoms with van der Waals surface area (Å²) >= 11 is 0. The molecule has 0 heterocycles. The standard InChI is InChI=1S/C8H18O5S.Na/c1-2-3-4-5-6-12-7-8-13-14(9,10)11;/h2-8H2,1H3,(H,9,10,11);/q;+1/p-1. The predicted molar refractivity (Wildman–Crippen MR) is 50.6 cm³/mol. The Labute approximate surface area is 114 Å². The second kappa shape index (κ2) is 11.3. The summed E-state index contributed by atoms with van der Waals surface area (Å²) in [7, 11) is -4.56. The largest absolute Gasteiger partial charge is 1.00 e. The van der Waals surface area contributed by atoms with Gasteiger partial charge in [0.25, 0.3) is 0 Å². The van der Waals surface area contributed by atoms with Crippen molar-refractivity contribution in [3.05, 3.63) is 0 Å². The maximum atomic E-state index is 9.97. The quantitative estimate of drug-likeness (QED) is 0.205. The third-order valence-corrected chi connectivity index (χ3v) is 2.05. The number of hydrogen-bond acceptors (Lipinski definition) is 5. The Kier molecular flexibility index (Phi) is 13.7. The summed E-state index contributed by atoms with van der Waals surface area (Å²) in [6.07, 6.45) is 4.40. The molecule has 0 aromatic carbocycles. The first-order chi connectivity index (χ1) is 6.56. The van der Waals surface area contributed by atoms with Crippen LogP contribution in [0.1, 0.15) is 32.6 Å². The molecular formula is C8H17NaO5S. The Bertz CT molecular complexity index is 217. The van der Waals surface area contributed by atoms with Crippen LogP contribution in [-0.2, 0) is 19.3 Å². The van der Waals surface area contributed by atoms with Crippen LogP contribution in [-0.4, -0.2) is 32.8 Å². The molecule has 0 aliphatic heterocycles. The summed E-state index contributed by atoms with van der Waals surface area (Å²) in [6.45, 7) is 2.66. The Morgan fingerprint density at radius 2 is 1.73 bits per heavy atom. The zero-order valence-corrected chi connectivity index (χ0v) is 12.2. The van der Waals surface area contributed by atoms with Gasteiger partial charge in [-0.2, -0.15) is 0 Å². The number of unbranched alkanes of at least 4 members (excludes halogenated alkanes) is 3. The van der Waals surface area contributed by atoms with Crippen LogP contribution in [0.3, 0.4) is 0 Å². The first-order valence-electron chi connectivity index (χ1n) is 4.74. The van der Waals surface area contributed by atoms with E-state index in [1.807, 2.05) is 0 Å². The third-order valence-electron chi connectivity index (χ3n) is 1.60. The topological polar surface area (TPSA) is 75.7 Å². The van der Waals surface area contributed by atoms with Crippen molar-refractivity contribution < 1.29 is 51.4 Å². The fraction of sp³-hybridized carbons (Fsp3) is 1.00. The number of hydrogen-bond donors (Lipinski definition) is 0. The van der Waals surface area contributed by atoms with Crippen LogP contribution < -0.4 is 29.6 Å². The molecule has 0 aliphatic carbocycles. The van der Waals surface area contributed by atoms with E-state index in [9.17, 15) is 13.0 Å². The van der Waals surface area contributed by atoms with Gasteiger partial charge in [0.05, 0.1) is 13.2 Å². The van der Waals surface area contributed by atoms with Gasteiger partial charge in [0.1, 0.15) is 0 Å². The van der Waals surface area contributed by atoms with Gasteiger partial charge in [-0.1, -0.05) is 26.2 Å². The third kappa shape index (κ3) is 17.4. The molecule has 86 valence electrons. The van der Waals surface area contributed by atoms with Crippen molar-refractivity contribution in [2.24, 2.45) is 0 Å². The Morgan fingerprint density at radius 3 is 2.27 bits per heavy atom.